The minimum absolute atomic E-state index is 0.315. The van der Waals surface area contributed by atoms with E-state index in [2.05, 4.69) is 4.98 Å². The average molecular weight is 245 g/mol. The Balaban J connectivity index is 2.34. The van der Waals surface area contributed by atoms with Crippen molar-refractivity contribution >= 4 is 17.4 Å². The van der Waals surface area contributed by atoms with Gasteiger partial charge < -0.3 is 5.73 Å². The summed E-state index contributed by atoms with van der Waals surface area (Å²) in [6.07, 6.45) is 1.51. The number of benzene rings is 1. The number of halogens is 1. The zero-order valence-electron chi connectivity index (χ0n) is 8.72. The van der Waals surface area contributed by atoms with Gasteiger partial charge in [0.2, 0.25) is 0 Å². The molecule has 5 heteroatoms. The van der Waals surface area contributed by atoms with Crippen LogP contribution in [0.5, 0.6) is 0 Å². The molecule has 2 rings (SSSR count). The fraction of sp³-hybridized carbons (Fsp3) is 0. The van der Waals surface area contributed by atoms with Crippen LogP contribution in [-0.2, 0) is 0 Å². The first-order valence-corrected chi connectivity index (χ1v) is 5.60. The highest BCUT2D eigenvalue weighted by atomic mass is 32.2. The molecule has 2 N–H and O–H groups in total. The molecule has 2 aromatic rings. The first-order chi connectivity index (χ1) is 8.20. The lowest BCUT2D eigenvalue weighted by atomic mass is 10.2. The van der Waals surface area contributed by atoms with E-state index in [1.54, 1.807) is 18.2 Å². The third-order valence-electron chi connectivity index (χ3n) is 2.08. The number of anilines is 1. The second kappa shape index (κ2) is 4.85. The van der Waals surface area contributed by atoms with Crippen LogP contribution in [0.15, 0.2) is 46.5 Å². The Morgan fingerprint density at radius 3 is 2.88 bits per heavy atom. The largest absolute Gasteiger partial charge is 0.395 e. The van der Waals surface area contributed by atoms with E-state index < -0.39 is 0 Å². The van der Waals surface area contributed by atoms with E-state index in [9.17, 15) is 4.39 Å². The summed E-state index contributed by atoms with van der Waals surface area (Å²) in [5.41, 5.74) is 6.48. The minimum Gasteiger partial charge on any atom is -0.395 e. The van der Waals surface area contributed by atoms with Gasteiger partial charge >= 0.3 is 0 Å². The van der Waals surface area contributed by atoms with Gasteiger partial charge in [-0.15, -0.1) is 0 Å². The fourth-order valence-corrected chi connectivity index (χ4v) is 2.15. The van der Waals surface area contributed by atoms with E-state index in [1.165, 1.54) is 30.1 Å². The fourth-order valence-electron chi connectivity index (χ4n) is 1.27. The summed E-state index contributed by atoms with van der Waals surface area (Å²) >= 11 is 1.23. The number of nitrogen functional groups attached to an aromatic ring is 1. The number of nitrogens with two attached hydrogens (primary N) is 1. The summed E-state index contributed by atoms with van der Waals surface area (Å²) in [6, 6.07) is 9.66. The number of pyridine rings is 1. The van der Waals surface area contributed by atoms with Crippen LogP contribution < -0.4 is 5.73 Å². The molecule has 1 aromatic carbocycles. The number of rotatable bonds is 2. The van der Waals surface area contributed by atoms with Crippen LogP contribution in [-0.4, -0.2) is 4.98 Å². The summed E-state index contributed by atoms with van der Waals surface area (Å²) < 4.78 is 13.0. The molecule has 0 atom stereocenters. The predicted molar refractivity (Wildman–Crippen MR) is 63.9 cm³/mol. The topological polar surface area (TPSA) is 62.7 Å². The molecule has 0 aliphatic rings. The van der Waals surface area contributed by atoms with Crippen molar-refractivity contribution in [3.8, 4) is 6.07 Å². The Morgan fingerprint density at radius 1 is 1.35 bits per heavy atom. The standard InChI is InChI=1S/C12H8FN3S/c13-9-2-1-3-10(6-9)17-12-11(15)8(7-14)4-5-16-12/h1-6H,15H2. The molecule has 17 heavy (non-hydrogen) atoms. The lowest BCUT2D eigenvalue weighted by molar-refractivity contribution is 0.624. The first kappa shape index (κ1) is 11.4. The molecule has 0 bridgehead atoms. The highest BCUT2D eigenvalue weighted by Gasteiger charge is 2.08. The zero-order chi connectivity index (χ0) is 12.3. The summed E-state index contributed by atoms with van der Waals surface area (Å²) in [4.78, 5) is 4.77. The maximum Gasteiger partial charge on any atom is 0.125 e. The second-order valence-corrected chi connectivity index (χ2v) is 4.31. The Hall–Kier alpha value is -2.06. The molecule has 0 aliphatic carbocycles. The Bertz CT molecular complexity index is 593. The molecule has 84 valence electrons. The molecule has 0 saturated heterocycles. The maximum absolute atomic E-state index is 13.0. The molecule has 0 spiro atoms. The van der Waals surface area contributed by atoms with E-state index in [0.717, 1.165) is 0 Å². The van der Waals surface area contributed by atoms with Crippen molar-refractivity contribution in [2.45, 2.75) is 9.92 Å². The molecule has 0 amide bonds. The van der Waals surface area contributed by atoms with Gasteiger partial charge in [-0.1, -0.05) is 17.8 Å². The molecule has 0 saturated carbocycles. The van der Waals surface area contributed by atoms with Gasteiger partial charge in [0.15, 0.2) is 0 Å². The van der Waals surface area contributed by atoms with E-state index in [0.29, 0.717) is 21.2 Å². The van der Waals surface area contributed by atoms with Gasteiger partial charge in [-0.25, -0.2) is 9.37 Å². The maximum atomic E-state index is 13.0. The second-order valence-electron chi connectivity index (χ2n) is 3.25. The van der Waals surface area contributed by atoms with Crippen molar-refractivity contribution in [2.75, 3.05) is 5.73 Å². The molecule has 0 fully saturated rings. The number of nitrogens with zero attached hydrogens (tertiary/aromatic N) is 2. The van der Waals surface area contributed by atoms with E-state index in [4.69, 9.17) is 11.0 Å². The Kier molecular flexibility index (Phi) is 3.26. The van der Waals surface area contributed by atoms with E-state index >= 15 is 0 Å². The van der Waals surface area contributed by atoms with Gasteiger partial charge in [0.25, 0.3) is 0 Å². The molecular formula is C12H8FN3S. The third kappa shape index (κ3) is 2.55. The summed E-state index contributed by atoms with van der Waals surface area (Å²) in [5.74, 6) is -0.315. The zero-order valence-corrected chi connectivity index (χ0v) is 9.54. The highest BCUT2D eigenvalue weighted by Crippen LogP contribution is 2.31. The molecule has 0 radical (unpaired) electrons. The van der Waals surface area contributed by atoms with Crippen molar-refractivity contribution in [3.05, 3.63) is 47.9 Å². The number of hydrogen-bond acceptors (Lipinski definition) is 4. The van der Waals surface area contributed by atoms with Gasteiger partial charge in [-0.3, -0.25) is 0 Å². The summed E-state index contributed by atoms with van der Waals surface area (Å²) in [7, 11) is 0. The normalized spacial score (nSPS) is 9.88. The van der Waals surface area contributed by atoms with E-state index in [1.807, 2.05) is 6.07 Å². The van der Waals surface area contributed by atoms with Crippen molar-refractivity contribution in [2.24, 2.45) is 0 Å². The van der Waals surface area contributed by atoms with Crippen LogP contribution in [0.25, 0.3) is 0 Å². The smallest absolute Gasteiger partial charge is 0.125 e. The van der Waals surface area contributed by atoms with Crippen molar-refractivity contribution < 1.29 is 4.39 Å². The number of hydrogen-bond donors (Lipinski definition) is 1. The number of nitriles is 1. The average Bonchev–Trinajstić information content (AvgIpc) is 2.32. The van der Waals surface area contributed by atoms with Gasteiger partial charge in [0.1, 0.15) is 16.9 Å². The molecular weight excluding hydrogens is 237 g/mol. The van der Waals surface area contributed by atoms with Crippen LogP contribution in [0.2, 0.25) is 0 Å². The summed E-state index contributed by atoms with van der Waals surface area (Å²) in [5, 5.41) is 9.33. The van der Waals surface area contributed by atoms with Crippen molar-refractivity contribution in [1.82, 2.24) is 4.98 Å². The lowest BCUT2D eigenvalue weighted by Gasteiger charge is -2.05. The van der Waals surface area contributed by atoms with Crippen molar-refractivity contribution in [1.29, 1.82) is 5.26 Å². The third-order valence-corrected chi connectivity index (χ3v) is 3.09. The highest BCUT2D eigenvalue weighted by molar-refractivity contribution is 7.99. The SMILES string of the molecule is N#Cc1ccnc(Sc2cccc(F)c2)c1N. The van der Waals surface area contributed by atoms with Gasteiger partial charge in [-0.2, -0.15) is 5.26 Å². The quantitative estimate of drug-likeness (QED) is 0.883. The van der Waals surface area contributed by atoms with Gasteiger partial charge in [0.05, 0.1) is 11.3 Å². The molecule has 3 nitrogen and oxygen atoms in total. The first-order valence-electron chi connectivity index (χ1n) is 4.78. The minimum atomic E-state index is -0.315. The molecule has 1 aromatic heterocycles. The summed E-state index contributed by atoms with van der Waals surface area (Å²) in [6.45, 7) is 0. The Morgan fingerprint density at radius 2 is 2.18 bits per heavy atom. The Labute approximate surface area is 102 Å². The van der Waals surface area contributed by atoms with Gasteiger partial charge in [-0.05, 0) is 24.3 Å². The predicted octanol–water partition coefficient (Wildman–Crippen LogP) is 2.83. The van der Waals surface area contributed by atoms with E-state index in [-0.39, 0.29) is 5.82 Å². The van der Waals surface area contributed by atoms with Crippen LogP contribution >= 0.6 is 11.8 Å². The molecule has 0 aliphatic heterocycles. The van der Waals surface area contributed by atoms with Gasteiger partial charge in [0, 0.05) is 11.1 Å². The van der Waals surface area contributed by atoms with Crippen LogP contribution in [0.3, 0.4) is 0 Å². The van der Waals surface area contributed by atoms with Crippen LogP contribution in [0.1, 0.15) is 5.56 Å². The van der Waals surface area contributed by atoms with Crippen LogP contribution in [0, 0.1) is 17.1 Å². The number of aromatic nitrogens is 1. The monoisotopic (exact) mass is 245 g/mol. The van der Waals surface area contributed by atoms with Crippen LogP contribution in [0.4, 0.5) is 10.1 Å². The lowest BCUT2D eigenvalue weighted by Crippen LogP contribution is -1.95. The van der Waals surface area contributed by atoms with Crippen molar-refractivity contribution in [3.63, 3.8) is 0 Å². The molecule has 0 unspecified atom stereocenters. The molecule has 1 heterocycles.